The fourth-order valence-electron chi connectivity index (χ4n) is 2.94. The third kappa shape index (κ3) is 7.71. The maximum atomic E-state index is 12.6. The van der Waals surface area contributed by atoms with E-state index in [9.17, 15) is 9.59 Å². The van der Waals surface area contributed by atoms with Crippen LogP contribution in [0.2, 0.25) is 0 Å². The van der Waals surface area contributed by atoms with Crippen LogP contribution in [-0.2, 0) is 4.79 Å². The quantitative estimate of drug-likeness (QED) is 0.566. The molecule has 0 fully saturated rings. The van der Waals surface area contributed by atoms with Gasteiger partial charge in [0.25, 0.3) is 5.91 Å². The topological polar surface area (TPSA) is 84.2 Å². The summed E-state index contributed by atoms with van der Waals surface area (Å²) in [5.41, 5.74) is 7.24. The van der Waals surface area contributed by atoms with Crippen molar-refractivity contribution in [2.45, 2.75) is 44.7 Å². The van der Waals surface area contributed by atoms with Crippen LogP contribution < -0.4 is 16.4 Å². The summed E-state index contributed by atoms with van der Waals surface area (Å²) in [5.74, 6) is -0.303. The van der Waals surface area contributed by atoms with Gasteiger partial charge in [-0.1, -0.05) is 68.3 Å². The lowest BCUT2D eigenvalue weighted by molar-refractivity contribution is -0.122. The zero-order chi connectivity index (χ0) is 19.5. The number of carbonyl (C=O) groups is 2. The van der Waals surface area contributed by atoms with Crippen LogP contribution in [0.15, 0.2) is 60.7 Å². The van der Waals surface area contributed by atoms with Crippen molar-refractivity contribution >= 4 is 24.2 Å². The maximum absolute atomic E-state index is 12.6. The molecule has 0 bridgehead atoms. The molecule has 0 spiro atoms. The molecule has 0 aliphatic heterocycles. The van der Waals surface area contributed by atoms with E-state index in [1.165, 1.54) is 0 Å². The first kappa shape index (κ1) is 23.7. The van der Waals surface area contributed by atoms with Crippen molar-refractivity contribution in [3.8, 4) is 0 Å². The third-order valence-electron chi connectivity index (χ3n) is 4.49. The van der Waals surface area contributed by atoms with Crippen molar-refractivity contribution in [1.29, 1.82) is 0 Å². The van der Waals surface area contributed by atoms with Gasteiger partial charge in [-0.2, -0.15) is 0 Å². The monoisotopic (exact) mass is 403 g/mol. The van der Waals surface area contributed by atoms with Crippen LogP contribution >= 0.6 is 12.4 Å². The predicted molar refractivity (Wildman–Crippen MR) is 115 cm³/mol. The Labute approximate surface area is 173 Å². The molecule has 2 rings (SSSR count). The van der Waals surface area contributed by atoms with E-state index in [-0.39, 0.29) is 36.7 Å². The molecule has 0 aromatic heterocycles. The van der Waals surface area contributed by atoms with Gasteiger partial charge < -0.3 is 16.4 Å². The van der Waals surface area contributed by atoms with E-state index in [0.717, 1.165) is 24.8 Å². The summed E-state index contributed by atoms with van der Waals surface area (Å²) in [6.45, 7) is 2.53. The van der Waals surface area contributed by atoms with Crippen LogP contribution in [0.1, 0.15) is 54.6 Å². The highest BCUT2D eigenvalue weighted by Crippen LogP contribution is 2.18. The van der Waals surface area contributed by atoms with Gasteiger partial charge in [0.2, 0.25) is 5.91 Å². The summed E-state index contributed by atoms with van der Waals surface area (Å²) in [5, 5.41) is 5.98. The second-order valence-corrected chi connectivity index (χ2v) is 6.65. The average Bonchev–Trinajstić information content (AvgIpc) is 2.71. The van der Waals surface area contributed by atoms with E-state index in [0.29, 0.717) is 12.1 Å². The second kappa shape index (κ2) is 12.9. The molecule has 0 aliphatic rings. The molecular formula is C22H30ClN3O2. The zero-order valence-corrected chi connectivity index (χ0v) is 17.1. The van der Waals surface area contributed by atoms with Crippen molar-refractivity contribution in [2.24, 2.45) is 5.73 Å². The number of hydrogen-bond donors (Lipinski definition) is 3. The molecule has 0 saturated heterocycles. The van der Waals surface area contributed by atoms with Crippen molar-refractivity contribution in [1.82, 2.24) is 10.6 Å². The van der Waals surface area contributed by atoms with E-state index in [1.54, 1.807) is 12.1 Å². The first-order valence-electron chi connectivity index (χ1n) is 9.54. The van der Waals surface area contributed by atoms with Crippen molar-refractivity contribution in [3.05, 3.63) is 71.8 Å². The Hall–Kier alpha value is -2.37. The number of hydrogen-bond acceptors (Lipinski definition) is 3. The number of halogens is 1. The first-order valence-corrected chi connectivity index (χ1v) is 9.54. The number of nitrogens with one attached hydrogen (secondary N) is 2. The Kier molecular flexibility index (Phi) is 10.9. The van der Waals surface area contributed by atoms with Crippen LogP contribution in [0, 0.1) is 0 Å². The largest absolute Gasteiger partial charge is 0.352 e. The number of carbonyl (C=O) groups excluding carboxylic acids is 2. The molecule has 2 aromatic carbocycles. The van der Waals surface area contributed by atoms with Gasteiger partial charge in [-0.25, -0.2) is 0 Å². The Bertz CT molecular complexity index is 710. The Morgan fingerprint density at radius 1 is 0.964 bits per heavy atom. The molecule has 6 heteroatoms. The van der Waals surface area contributed by atoms with E-state index in [4.69, 9.17) is 5.73 Å². The minimum absolute atomic E-state index is 0. The van der Waals surface area contributed by atoms with E-state index >= 15 is 0 Å². The van der Waals surface area contributed by atoms with Crippen LogP contribution in [0.3, 0.4) is 0 Å². The van der Waals surface area contributed by atoms with E-state index in [1.807, 2.05) is 48.5 Å². The van der Waals surface area contributed by atoms with Gasteiger partial charge in [-0.05, 0) is 24.1 Å². The third-order valence-corrected chi connectivity index (χ3v) is 4.49. The van der Waals surface area contributed by atoms with E-state index < -0.39 is 6.04 Å². The van der Waals surface area contributed by atoms with Gasteiger partial charge in [0.15, 0.2) is 0 Å². The van der Waals surface area contributed by atoms with Crippen LogP contribution in [-0.4, -0.2) is 24.4 Å². The van der Waals surface area contributed by atoms with Gasteiger partial charge in [0, 0.05) is 18.2 Å². The average molecular weight is 404 g/mol. The molecule has 0 aliphatic carbocycles. The number of nitrogens with two attached hydrogens (primary N) is 1. The number of unbranched alkanes of at least 4 members (excludes halogenated alkanes) is 1. The summed E-state index contributed by atoms with van der Waals surface area (Å²) < 4.78 is 0. The smallest absolute Gasteiger partial charge is 0.251 e. The number of benzene rings is 2. The predicted octanol–water partition coefficient (Wildman–Crippen LogP) is 3.60. The molecular weight excluding hydrogens is 374 g/mol. The summed E-state index contributed by atoms with van der Waals surface area (Å²) in [6.07, 6.45) is 3.12. The minimum atomic E-state index is -0.400. The lowest BCUT2D eigenvalue weighted by atomic mass is 10.0. The van der Waals surface area contributed by atoms with Gasteiger partial charge in [-0.15, -0.1) is 12.4 Å². The van der Waals surface area contributed by atoms with E-state index in [2.05, 4.69) is 17.6 Å². The molecule has 28 heavy (non-hydrogen) atoms. The molecule has 2 atom stereocenters. The van der Waals surface area contributed by atoms with Gasteiger partial charge in [-0.3, -0.25) is 9.59 Å². The fraction of sp³-hybridized carbons (Fsp3) is 0.364. The molecule has 4 N–H and O–H groups in total. The molecule has 2 unspecified atom stereocenters. The van der Waals surface area contributed by atoms with Crippen molar-refractivity contribution in [2.75, 3.05) is 6.54 Å². The maximum Gasteiger partial charge on any atom is 0.251 e. The van der Waals surface area contributed by atoms with Crippen LogP contribution in [0.5, 0.6) is 0 Å². The molecule has 0 heterocycles. The molecule has 152 valence electrons. The number of amides is 2. The summed E-state index contributed by atoms with van der Waals surface area (Å²) >= 11 is 0. The number of rotatable bonds is 10. The Balaban J connectivity index is 0.00000392. The fourth-order valence-corrected chi connectivity index (χ4v) is 2.94. The lowest BCUT2D eigenvalue weighted by Gasteiger charge is -2.22. The minimum Gasteiger partial charge on any atom is -0.352 e. The van der Waals surface area contributed by atoms with Crippen molar-refractivity contribution in [3.63, 3.8) is 0 Å². The normalized spacial score (nSPS) is 12.4. The molecule has 5 nitrogen and oxygen atoms in total. The molecule has 0 saturated carbocycles. The second-order valence-electron chi connectivity index (χ2n) is 6.65. The molecule has 2 amide bonds. The SMILES string of the molecule is CCCCC(CN)NC(=O)CC(NC(=O)c1ccccc1)c1ccccc1.Cl. The molecule has 0 radical (unpaired) electrons. The highest BCUT2D eigenvalue weighted by Gasteiger charge is 2.20. The highest BCUT2D eigenvalue weighted by atomic mass is 35.5. The molecule has 2 aromatic rings. The highest BCUT2D eigenvalue weighted by molar-refractivity contribution is 5.94. The Morgan fingerprint density at radius 3 is 2.14 bits per heavy atom. The summed E-state index contributed by atoms with van der Waals surface area (Å²) in [7, 11) is 0. The van der Waals surface area contributed by atoms with Crippen LogP contribution in [0.4, 0.5) is 0 Å². The zero-order valence-electron chi connectivity index (χ0n) is 16.3. The lowest BCUT2D eigenvalue weighted by Crippen LogP contribution is -2.42. The first-order chi connectivity index (χ1) is 13.1. The van der Waals surface area contributed by atoms with Gasteiger partial charge >= 0.3 is 0 Å². The van der Waals surface area contributed by atoms with Crippen LogP contribution in [0.25, 0.3) is 0 Å². The standard InChI is InChI=1S/C22H29N3O2.ClH/c1-2-3-14-19(16-23)24-21(26)15-20(17-10-6-4-7-11-17)25-22(27)18-12-8-5-9-13-18;/h4-13,19-20H,2-3,14-16,23H2,1H3,(H,24,26)(H,25,27);1H. The Morgan fingerprint density at radius 2 is 1.57 bits per heavy atom. The van der Waals surface area contributed by atoms with Crippen molar-refractivity contribution < 1.29 is 9.59 Å². The van der Waals surface area contributed by atoms with Gasteiger partial charge in [0.05, 0.1) is 12.5 Å². The summed E-state index contributed by atoms with van der Waals surface area (Å²) in [4.78, 5) is 25.1. The van der Waals surface area contributed by atoms with Gasteiger partial charge in [0.1, 0.15) is 0 Å². The summed E-state index contributed by atoms with van der Waals surface area (Å²) in [6, 6.07) is 18.1.